The molecule has 0 radical (unpaired) electrons. The number of aryl methyl sites for hydroxylation is 2. The van der Waals surface area contributed by atoms with E-state index in [4.69, 9.17) is 15.3 Å². The molecule has 0 N–H and O–H groups in total. The third kappa shape index (κ3) is 7.01. The minimum atomic E-state index is -0.888. The van der Waals surface area contributed by atoms with E-state index in [2.05, 4.69) is 65.9 Å². The molecule has 0 spiro atoms. The maximum Gasteiger partial charge on any atom is 0.257 e. The van der Waals surface area contributed by atoms with Crippen LogP contribution < -0.4 is 5.56 Å². The molecular weight excluding hydrogens is 683 g/mol. The lowest BCUT2D eigenvalue weighted by atomic mass is 9.77. The number of likely N-dealkylation sites (N-methyl/N-ethyl adjacent to an activating group) is 1. The molecule has 0 saturated carbocycles. The van der Waals surface area contributed by atoms with E-state index < -0.39 is 5.54 Å². The maximum atomic E-state index is 13.9. The van der Waals surface area contributed by atoms with Crippen LogP contribution in [0.5, 0.6) is 0 Å². The topological polar surface area (TPSA) is 98.8 Å². The summed E-state index contributed by atoms with van der Waals surface area (Å²) in [5.41, 5.74) is 6.86. The first-order chi connectivity index (χ1) is 26.9. The van der Waals surface area contributed by atoms with Gasteiger partial charge in [0.25, 0.3) is 5.56 Å². The van der Waals surface area contributed by atoms with Gasteiger partial charge in [-0.2, -0.15) is 0 Å². The summed E-state index contributed by atoms with van der Waals surface area (Å²) in [5.74, 6) is 1.25. The Morgan fingerprint density at radius 3 is 1.75 bits per heavy atom. The van der Waals surface area contributed by atoms with E-state index in [1.165, 1.54) is 0 Å². The molecule has 9 heteroatoms. The normalized spacial score (nSPS) is 11.4. The molecule has 276 valence electrons. The van der Waals surface area contributed by atoms with E-state index in [-0.39, 0.29) is 17.9 Å². The lowest BCUT2D eigenvalue weighted by Crippen LogP contribution is -2.39. The zero-order chi connectivity index (χ0) is 38.4. The van der Waals surface area contributed by atoms with Gasteiger partial charge in [0.2, 0.25) is 5.91 Å². The summed E-state index contributed by atoms with van der Waals surface area (Å²) in [4.78, 5) is 33.5. The summed E-state index contributed by atoms with van der Waals surface area (Å²) in [6.07, 6.45) is 0.635. The summed E-state index contributed by atoms with van der Waals surface area (Å²) < 4.78 is 3.66. The monoisotopic (exact) mass is 727 g/mol. The lowest BCUT2D eigenvalue weighted by Gasteiger charge is -2.36. The zero-order valence-corrected chi connectivity index (χ0v) is 31.8. The SMILES string of the molecule is CCc1nc(C)c(CC(=O)N(CC)CC)c(=O)n1Cc1ccc(-c2ccccc2-c2nnnn2C(c2ccccc2)(c2ccccc2)c2ccccc2)cc1. The van der Waals surface area contributed by atoms with Crippen molar-refractivity contribution >= 4 is 5.91 Å². The van der Waals surface area contributed by atoms with Crippen LogP contribution in [0.15, 0.2) is 144 Å². The van der Waals surface area contributed by atoms with Crippen molar-refractivity contribution in [2.24, 2.45) is 0 Å². The highest BCUT2D eigenvalue weighted by molar-refractivity contribution is 5.81. The first kappa shape index (κ1) is 36.9. The van der Waals surface area contributed by atoms with E-state index in [0.29, 0.717) is 49.0 Å². The average Bonchev–Trinajstić information content (AvgIpc) is 3.73. The smallest absolute Gasteiger partial charge is 0.257 e. The molecule has 2 heterocycles. The van der Waals surface area contributed by atoms with E-state index in [9.17, 15) is 9.59 Å². The number of carbonyl (C=O) groups is 1. The number of carbonyl (C=O) groups excluding carboxylic acids is 1. The lowest BCUT2D eigenvalue weighted by molar-refractivity contribution is -0.130. The van der Waals surface area contributed by atoms with Crippen LogP contribution in [0, 0.1) is 6.92 Å². The zero-order valence-electron chi connectivity index (χ0n) is 31.8. The van der Waals surface area contributed by atoms with Gasteiger partial charge in [-0.15, -0.1) is 5.10 Å². The number of hydrogen-bond acceptors (Lipinski definition) is 6. The second-order valence-electron chi connectivity index (χ2n) is 13.5. The largest absolute Gasteiger partial charge is 0.343 e. The number of rotatable bonds is 13. The Morgan fingerprint density at radius 1 is 0.691 bits per heavy atom. The van der Waals surface area contributed by atoms with Crippen molar-refractivity contribution < 1.29 is 4.79 Å². The van der Waals surface area contributed by atoms with Gasteiger partial charge in [-0.05, 0) is 64.6 Å². The fourth-order valence-electron chi connectivity index (χ4n) is 7.62. The third-order valence-electron chi connectivity index (χ3n) is 10.4. The number of tetrazole rings is 1. The number of aromatic nitrogens is 6. The molecule has 0 saturated heterocycles. The van der Waals surface area contributed by atoms with E-state index in [0.717, 1.165) is 38.9 Å². The Kier molecular flexibility index (Phi) is 10.9. The number of hydrogen-bond donors (Lipinski definition) is 0. The van der Waals surface area contributed by atoms with Crippen molar-refractivity contribution in [1.29, 1.82) is 0 Å². The summed E-state index contributed by atoms with van der Waals surface area (Å²) in [7, 11) is 0. The molecule has 55 heavy (non-hydrogen) atoms. The van der Waals surface area contributed by atoms with Crippen LogP contribution in [-0.2, 0) is 29.7 Å². The van der Waals surface area contributed by atoms with Gasteiger partial charge < -0.3 is 4.90 Å². The minimum absolute atomic E-state index is 0.0403. The number of amides is 1. The molecule has 0 aliphatic rings. The van der Waals surface area contributed by atoms with Gasteiger partial charge in [-0.1, -0.05) is 146 Å². The van der Waals surface area contributed by atoms with Gasteiger partial charge in [0.15, 0.2) is 5.82 Å². The molecule has 0 unspecified atom stereocenters. The van der Waals surface area contributed by atoms with Crippen LogP contribution in [0.25, 0.3) is 22.5 Å². The van der Waals surface area contributed by atoms with E-state index in [1.807, 2.05) is 111 Å². The fraction of sp³-hybridized carbons (Fsp3) is 0.217. The molecule has 5 aromatic carbocycles. The Balaban J connectivity index is 1.29. The molecule has 0 aliphatic heterocycles. The Morgan fingerprint density at radius 2 is 1.22 bits per heavy atom. The Labute approximate surface area is 322 Å². The quantitative estimate of drug-likeness (QED) is 0.113. The molecule has 1 amide bonds. The van der Waals surface area contributed by atoms with Crippen molar-refractivity contribution in [2.75, 3.05) is 13.1 Å². The Bertz CT molecular complexity index is 2340. The highest BCUT2D eigenvalue weighted by atomic mass is 16.2. The molecule has 7 aromatic rings. The van der Waals surface area contributed by atoms with E-state index >= 15 is 0 Å². The fourth-order valence-corrected chi connectivity index (χ4v) is 7.62. The highest BCUT2D eigenvalue weighted by Crippen LogP contribution is 2.43. The van der Waals surface area contributed by atoms with Gasteiger partial charge in [-0.25, -0.2) is 9.67 Å². The number of benzene rings is 5. The summed E-state index contributed by atoms with van der Waals surface area (Å²) in [6.45, 7) is 9.25. The average molecular weight is 728 g/mol. The van der Waals surface area contributed by atoms with Crippen LogP contribution in [0.2, 0.25) is 0 Å². The van der Waals surface area contributed by atoms with Crippen molar-refractivity contribution in [1.82, 2.24) is 34.7 Å². The molecule has 7 rings (SSSR count). The molecule has 0 atom stereocenters. The van der Waals surface area contributed by atoms with Gasteiger partial charge in [-0.3, -0.25) is 14.2 Å². The van der Waals surface area contributed by atoms with Crippen molar-refractivity contribution in [2.45, 2.75) is 52.6 Å². The first-order valence-electron chi connectivity index (χ1n) is 18.9. The van der Waals surface area contributed by atoms with Crippen molar-refractivity contribution in [3.05, 3.63) is 189 Å². The Hall–Kier alpha value is -6.48. The van der Waals surface area contributed by atoms with Crippen LogP contribution in [0.1, 0.15) is 60.1 Å². The highest BCUT2D eigenvalue weighted by Gasteiger charge is 2.42. The van der Waals surface area contributed by atoms with E-state index in [1.54, 1.807) is 9.47 Å². The molecule has 2 aromatic heterocycles. The summed E-state index contributed by atoms with van der Waals surface area (Å²) >= 11 is 0. The molecule has 0 fully saturated rings. The predicted octanol–water partition coefficient (Wildman–Crippen LogP) is 7.73. The third-order valence-corrected chi connectivity index (χ3v) is 10.4. The molecule has 0 bridgehead atoms. The van der Waals surface area contributed by atoms with Gasteiger partial charge in [0.1, 0.15) is 11.4 Å². The second kappa shape index (κ2) is 16.3. The van der Waals surface area contributed by atoms with Gasteiger partial charge in [0, 0.05) is 36.3 Å². The van der Waals surface area contributed by atoms with Crippen molar-refractivity contribution in [3.8, 4) is 22.5 Å². The minimum Gasteiger partial charge on any atom is -0.343 e. The van der Waals surface area contributed by atoms with Crippen LogP contribution in [0.4, 0.5) is 0 Å². The summed E-state index contributed by atoms with van der Waals surface area (Å²) in [5, 5.41) is 13.8. The van der Waals surface area contributed by atoms with Crippen LogP contribution in [-0.4, -0.2) is 53.7 Å². The molecular formula is C46H45N7O2. The first-order valence-corrected chi connectivity index (χ1v) is 18.9. The van der Waals surface area contributed by atoms with Crippen LogP contribution in [0.3, 0.4) is 0 Å². The standard InChI is InChI=1S/C46H45N7O2/c1-5-42-47-33(4)41(31-43(54)51(6-2)7-3)45(55)52(42)32-34-27-29-35(30-28-34)39-25-17-18-26-40(39)44-48-49-50-53(44)46(36-19-11-8-12-20-36,37-21-13-9-14-22-37)38-23-15-10-16-24-38/h8-30H,5-7,31-32H2,1-4H3. The van der Waals surface area contributed by atoms with Gasteiger partial charge in [0.05, 0.1) is 13.0 Å². The van der Waals surface area contributed by atoms with Gasteiger partial charge >= 0.3 is 0 Å². The molecule has 9 nitrogen and oxygen atoms in total. The second-order valence-corrected chi connectivity index (χ2v) is 13.5. The van der Waals surface area contributed by atoms with Crippen molar-refractivity contribution in [3.63, 3.8) is 0 Å². The maximum absolute atomic E-state index is 13.9. The van der Waals surface area contributed by atoms with Crippen LogP contribution >= 0.6 is 0 Å². The summed E-state index contributed by atoms with van der Waals surface area (Å²) in [6, 6.07) is 47.5. The molecule has 0 aliphatic carbocycles. The number of nitrogens with zero attached hydrogens (tertiary/aromatic N) is 7. The predicted molar refractivity (Wildman–Crippen MR) is 217 cm³/mol.